The van der Waals surface area contributed by atoms with Gasteiger partial charge in [0, 0.05) is 22.5 Å². The molecule has 24 heavy (non-hydrogen) atoms. The molecular weight excluding hydrogens is 344 g/mol. The molecule has 1 amide bonds. The first-order valence-electron chi connectivity index (χ1n) is 8.28. The van der Waals surface area contributed by atoms with E-state index in [1.165, 1.54) is 0 Å². The van der Waals surface area contributed by atoms with Crippen molar-refractivity contribution >= 4 is 33.4 Å². The largest absolute Gasteiger partial charge is 0.326 e. The lowest BCUT2D eigenvalue weighted by Crippen LogP contribution is -2.42. The third-order valence-corrected chi connectivity index (χ3v) is 7.05. The van der Waals surface area contributed by atoms with Crippen LogP contribution >= 0.6 is 11.8 Å². The second kappa shape index (κ2) is 8.36. The van der Waals surface area contributed by atoms with E-state index in [0.717, 1.165) is 10.6 Å². The van der Waals surface area contributed by atoms with Gasteiger partial charge in [0.2, 0.25) is 15.9 Å². The number of carbonyl (C=O) groups is 1. The minimum atomic E-state index is -3.24. The molecule has 134 valence electrons. The van der Waals surface area contributed by atoms with Crippen LogP contribution in [0.25, 0.3) is 0 Å². The van der Waals surface area contributed by atoms with Crippen LogP contribution in [0.5, 0.6) is 0 Å². The summed E-state index contributed by atoms with van der Waals surface area (Å²) in [5.74, 6) is -0.0258. The molecule has 1 fully saturated rings. The molecule has 0 aliphatic heterocycles. The summed E-state index contributed by atoms with van der Waals surface area (Å²) in [6.07, 6.45) is 4.84. The minimum Gasteiger partial charge on any atom is -0.326 e. The van der Waals surface area contributed by atoms with Gasteiger partial charge in [-0.2, -0.15) is 0 Å². The number of benzene rings is 1. The summed E-state index contributed by atoms with van der Waals surface area (Å²) in [5, 5.41) is 2.53. The smallest absolute Gasteiger partial charge is 0.227 e. The van der Waals surface area contributed by atoms with Gasteiger partial charge in [-0.05, 0) is 70.1 Å². The number of amides is 1. The predicted molar refractivity (Wildman–Crippen MR) is 99.8 cm³/mol. The van der Waals surface area contributed by atoms with E-state index in [9.17, 15) is 13.2 Å². The van der Waals surface area contributed by atoms with Crippen molar-refractivity contribution in [2.24, 2.45) is 5.92 Å². The summed E-state index contributed by atoms with van der Waals surface area (Å²) in [6, 6.07) is 7.73. The average Bonchev–Trinajstić information content (AvgIpc) is 2.55. The Morgan fingerprint density at radius 1 is 1.12 bits per heavy atom. The lowest BCUT2D eigenvalue weighted by molar-refractivity contribution is -0.120. The highest BCUT2D eigenvalue weighted by atomic mass is 32.2. The van der Waals surface area contributed by atoms with Gasteiger partial charge in [-0.15, -0.1) is 11.8 Å². The van der Waals surface area contributed by atoms with Crippen molar-refractivity contribution in [2.45, 2.75) is 55.7 Å². The number of thioether (sulfide) groups is 1. The van der Waals surface area contributed by atoms with E-state index in [2.05, 4.69) is 10.0 Å². The van der Waals surface area contributed by atoms with Gasteiger partial charge in [0.1, 0.15) is 0 Å². The van der Waals surface area contributed by atoms with Crippen LogP contribution in [0.2, 0.25) is 0 Å². The Morgan fingerprint density at radius 3 is 2.21 bits per heavy atom. The molecule has 7 heteroatoms. The number of rotatable bonds is 6. The van der Waals surface area contributed by atoms with E-state index in [4.69, 9.17) is 0 Å². The Balaban J connectivity index is 1.84. The Bertz CT molecular complexity index is 649. The number of sulfonamides is 1. The van der Waals surface area contributed by atoms with Crippen LogP contribution in [0, 0.1) is 5.92 Å². The molecule has 1 aliphatic rings. The third kappa shape index (κ3) is 5.22. The van der Waals surface area contributed by atoms with Gasteiger partial charge in [0.05, 0.1) is 5.25 Å². The van der Waals surface area contributed by atoms with Crippen molar-refractivity contribution < 1.29 is 13.2 Å². The van der Waals surface area contributed by atoms with Gasteiger partial charge in [-0.1, -0.05) is 0 Å². The van der Waals surface area contributed by atoms with Crippen LogP contribution in [-0.4, -0.2) is 31.9 Å². The SMILES string of the molecule is CSc1ccc(NC(=O)C2CCC(NS(=O)(=O)C(C)C)CC2)cc1. The number of hydrogen-bond acceptors (Lipinski definition) is 4. The van der Waals surface area contributed by atoms with Crippen LogP contribution in [-0.2, 0) is 14.8 Å². The monoisotopic (exact) mass is 370 g/mol. The molecule has 1 aromatic rings. The first kappa shape index (κ1) is 19.3. The summed E-state index contributed by atoms with van der Waals surface area (Å²) in [6.45, 7) is 3.34. The Kier molecular flexibility index (Phi) is 6.71. The van der Waals surface area contributed by atoms with Crippen LogP contribution in [0.1, 0.15) is 39.5 Å². The first-order valence-corrected chi connectivity index (χ1v) is 11.0. The van der Waals surface area contributed by atoms with Crippen molar-refractivity contribution in [3.05, 3.63) is 24.3 Å². The van der Waals surface area contributed by atoms with Crippen LogP contribution in [0.3, 0.4) is 0 Å². The fourth-order valence-electron chi connectivity index (χ4n) is 2.76. The molecule has 5 nitrogen and oxygen atoms in total. The Labute approximate surface area is 149 Å². The molecule has 1 aliphatic carbocycles. The lowest BCUT2D eigenvalue weighted by atomic mass is 9.86. The Morgan fingerprint density at radius 2 is 1.71 bits per heavy atom. The van der Waals surface area contributed by atoms with E-state index in [1.54, 1.807) is 25.6 Å². The number of anilines is 1. The van der Waals surface area contributed by atoms with Crippen LogP contribution < -0.4 is 10.0 Å². The number of carbonyl (C=O) groups excluding carboxylic acids is 1. The maximum atomic E-state index is 12.4. The van der Waals surface area contributed by atoms with E-state index in [-0.39, 0.29) is 17.9 Å². The zero-order valence-corrected chi connectivity index (χ0v) is 16.0. The van der Waals surface area contributed by atoms with Crippen molar-refractivity contribution in [3.8, 4) is 0 Å². The molecule has 0 unspecified atom stereocenters. The average molecular weight is 371 g/mol. The van der Waals surface area contributed by atoms with Gasteiger partial charge in [-0.3, -0.25) is 4.79 Å². The second-order valence-corrected chi connectivity index (χ2v) is 9.63. The van der Waals surface area contributed by atoms with Crippen LogP contribution in [0.15, 0.2) is 29.2 Å². The summed E-state index contributed by atoms with van der Waals surface area (Å²) < 4.78 is 26.6. The van der Waals surface area contributed by atoms with Gasteiger partial charge in [0.15, 0.2) is 0 Å². The molecule has 0 radical (unpaired) electrons. The summed E-state index contributed by atoms with van der Waals surface area (Å²) in [4.78, 5) is 13.5. The van der Waals surface area contributed by atoms with Gasteiger partial charge >= 0.3 is 0 Å². The third-order valence-electron chi connectivity index (χ3n) is 4.41. The highest BCUT2D eigenvalue weighted by Gasteiger charge is 2.29. The minimum absolute atomic E-state index is 0.0251. The topological polar surface area (TPSA) is 75.3 Å². The molecule has 0 bridgehead atoms. The zero-order valence-electron chi connectivity index (χ0n) is 14.4. The maximum Gasteiger partial charge on any atom is 0.227 e. The van der Waals surface area contributed by atoms with E-state index in [0.29, 0.717) is 25.7 Å². The van der Waals surface area contributed by atoms with Crippen molar-refractivity contribution in [1.82, 2.24) is 4.72 Å². The molecule has 2 N–H and O–H groups in total. The van der Waals surface area contributed by atoms with E-state index < -0.39 is 15.3 Å². The number of hydrogen-bond donors (Lipinski definition) is 2. The molecule has 2 rings (SSSR count). The Hall–Kier alpha value is -1.05. The maximum absolute atomic E-state index is 12.4. The van der Waals surface area contributed by atoms with Crippen molar-refractivity contribution in [3.63, 3.8) is 0 Å². The summed E-state index contributed by atoms with van der Waals surface area (Å²) in [7, 11) is -3.24. The fraction of sp³-hybridized carbons (Fsp3) is 0.588. The fourth-order valence-corrected chi connectivity index (χ4v) is 4.14. The van der Waals surface area contributed by atoms with Gasteiger partial charge < -0.3 is 5.32 Å². The summed E-state index contributed by atoms with van der Waals surface area (Å²) >= 11 is 1.66. The second-order valence-electron chi connectivity index (χ2n) is 6.48. The molecule has 0 saturated heterocycles. The highest BCUT2D eigenvalue weighted by Crippen LogP contribution is 2.27. The molecule has 0 atom stereocenters. The lowest BCUT2D eigenvalue weighted by Gasteiger charge is -2.28. The standard InChI is InChI=1S/C17H26N2O3S2/c1-12(2)24(21,22)19-15-6-4-13(5-7-15)17(20)18-14-8-10-16(23-3)11-9-14/h8-13,15,19H,4-7H2,1-3H3,(H,18,20). The van der Waals surface area contributed by atoms with Gasteiger partial charge in [-0.25, -0.2) is 13.1 Å². The van der Waals surface area contributed by atoms with E-state index >= 15 is 0 Å². The van der Waals surface area contributed by atoms with Gasteiger partial charge in [0.25, 0.3) is 0 Å². The molecule has 0 heterocycles. The predicted octanol–water partition coefficient (Wildman–Crippen LogP) is 3.23. The normalized spacial score (nSPS) is 21.7. The molecule has 1 saturated carbocycles. The number of nitrogens with one attached hydrogen (secondary N) is 2. The van der Waals surface area contributed by atoms with Crippen LogP contribution in [0.4, 0.5) is 5.69 Å². The molecular formula is C17H26N2O3S2. The van der Waals surface area contributed by atoms with E-state index in [1.807, 2.05) is 30.5 Å². The highest BCUT2D eigenvalue weighted by molar-refractivity contribution is 7.98. The molecule has 0 spiro atoms. The first-order chi connectivity index (χ1) is 11.3. The van der Waals surface area contributed by atoms with Crippen molar-refractivity contribution in [2.75, 3.05) is 11.6 Å². The molecule has 0 aromatic heterocycles. The summed E-state index contributed by atoms with van der Waals surface area (Å²) in [5.41, 5.74) is 0.806. The van der Waals surface area contributed by atoms with Crippen molar-refractivity contribution in [1.29, 1.82) is 0 Å². The zero-order chi connectivity index (χ0) is 17.7. The molecule has 1 aromatic carbocycles. The quantitative estimate of drug-likeness (QED) is 0.754.